The van der Waals surface area contributed by atoms with Crippen molar-refractivity contribution < 1.29 is 9.53 Å². The van der Waals surface area contributed by atoms with Crippen LogP contribution in [0.2, 0.25) is 10.0 Å². The van der Waals surface area contributed by atoms with Crippen molar-refractivity contribution in [2.75, 3.05) is 46.2 Å². The Morgan fingerprint density at radius 2 is 1.96 bits per heavy atom. The van der Waals surface area contributed by atoms with Crippen LogP contribution in [0.3, 0.4) is 0 Å². The van der Waals surface area contributed by atoms with Crippen LogP contribution in [-0.4, -0.2) is 56.7 Å². The monoisotopic (exact) mass is 421 g/mol. The van der Waals surface area contributed by atoms with Crippen LogP contribution in [0, 0.1) is 0 Å². The number of carbonyl (C=O) groups is 1. The molecule has 7 heteroatoms. The number of rotatable bonds is 5. The lowest BCUT2D eigenvalue weighted by atomic mass is 9.85. The van der Waals surface area contributed by atoms with Crippen molar-refractivity contribution in [2.24, 2.45) is 0 Å². The fourth-order valence-electron chi connectivity index (χ4n) is 3.40. The molecule has 2 aromatic carbocycles. The molecule has 0 aliphatic carbocycles. The van der Waals surface area contributed by atoms with Crippen LogP contribution >= 0.6 is 23.2 Å². The van der Waals surface area contributed by atoms with Gasteiger partial charge in [0.25, 0.3) is 0 Å². The van der Waals surface area contributed by atoms with E-state index in [0.29, 0.717) is 28.9 Å². The fourth-order valence-corrected chi connectivity index (χ4v) is 3.97. The molecule has 1 heterocycles. The average Bonchev–Trinajstić information content (AvgIpc) is 2.62. The van der Waals surface area contributed by atoms with Crippen molar-refractivity contribution in [3.8, 4) is 0 Å². The van der Waals surface area contributed by atoms with E-state index in [1.54, 1.807) is 6.07 Å². The second-order valence-electron chi connectivity index (χ2n) is 7.39. The van der Waals surface area contributed by atoms with E-state index in [-0.39, 0.29) is 5.92 Å². The van der Waals surface area contributed by atoms with Gasteiger partial charge in [-0.15, -0.1) is 0 Å². The number of carbonyl (C=O) groups excluding carboxylic acids is 1. The lowest BCUT2D eigenvalue weighted by Gasteiger charge is -2.33. The maximum absolute atomic E-state index is 11.9. The Hall–Kier alpha value is -1.79. The molecule has 0 fully saturated rings. The van der Waals surface area contributed by atoms with Crippen LogP contribution in [0.1, 0.15) is 22.6 Å². The van der Waals surface area contributed by atoms with Gasteiger partial charge >= 0.3 is 6.09 Å². The van der Waals surface area contributed by atoms with Crippen LogP contribution in [0.25, 0.3) is 0 Å². The summed E-state index contributed by atoms with van der Waals surface area (Å²) in [5.41, 5.74) is 4.14. The third kappa shape index (κ3) is 5.17. The summed E-state index contributed by atoms with van der Waals surface area (Å²) < 4.78 is 5.16. The maximum atomic E-state index is 11.9. The van der Waals surface area contributed by atoms with E-state index in [1.165, 1.54) is 5.56 Å². The number of fused-ring (bicyclic) bond motifs is 1. The van der Waals surface area contributed by atoms with Gasteiger partial charge in [-0.25, -0.2) is 4.79 Å². The highest BCUT2D eigenvalue weighted by molar-refractivity contribution is 6.35. The van der Waals surface area contributed by atoms with E-state index in [1.807, 2.05) is 49.3 Å². The van der Waals surface area contributed by atoms with E-state index in [0.717, 1.165) is 24.2 Å². The average molecular weight is 422 g/mol. The minimum absolute atomic E-state index is 0.172. The number of amides is 1. The number of hydrogen-bond acceptors (Lipinski definition) is 4. The number of nitrogens with zero attached hydrogens (tertiary/aromatic N) is 2. The number of benzene rings is 2. The number of ether oxygens (including phenoxy) is 1. The maximum Gasteiger partial charge on any atom is 0.411 e. The van der Waals surface area contributed by atoms with E-state index < -0.39 is 6.09 Å². The number of nitrogens with one attached hydrogen (secondary N) is 1. The van der Waals surface area contributed by atoms with Crippen molar-refractivity contribution in [3.63, 3.8) is 0 Å². The van der Waals surface area contributed by atoms with Gasteiger partial charge in [-0.05, 0) is 62.1 Å². The van der Waals surface area contributed by atoms with E-state index in [9.17, 15) is 4.79 Å². The van der Waals surface area contributed by atoms with Gasteiger partial charge in [0.15, 0.2) is 0 Å². The molecule has 0 aromatic heterocycles. The molecule has 0 saturated heterocycles. The van der Waals surface area contributed by atoms with Gasteiger partial charge in [0.05, 0.1) is 0 Å². The van der Waals surface area contributed by atoms with Gasteiger partial charge < -0.3 is 14.5 Å². The van der Waals surface area contributed by atoms with Crippen LogP contribution in [-0.2, 0) is 11.3 Å². The van der Waals surface area contributed by atoms with Gasteiger partial charge in [0, 0.05) is 41.3 Å². The summed E-state index contributed by atoms with van der Waals surface area (Å²) in [6.07, 6.45) is -0.448. The largest absolute Gasteiger partial charge is 0.448 e. The Labute approximate surface area is 176 Å². The lowest BCUT2D eigenvalue weighted by Crippen LogP contribution is -2.31. The summed E-state index contributed by atoms with van der Waals surface area (Å²) in [6.45, 7) is 2.72. The third-order valence-corrected chi connectivity index (χ3v) is 5.38. The molecule has 0 saturated carbocycles. The Bertz CT molecular complexity index is 840. The van der Waals surface area contributed by atoms with Gasteiger partial charge in [-0.3, -0.25) is 5.32 Å². The predicted molar refractivity (Wildman–Crippen MR) is 115 cm³/mol. The van der Waals surface area contributed by atoms with Crippen molar-refractivity contribution in [2.45, 2.75) is 12.5 Å². The predicted octanol–water partition coefficient (Wildman–Crippen LogP) is 4.68. The number of halogens is 2. The van der Waals surface area contributed by atoms with E-state index in [2.05, 4.69) is 17.3 Å². The molecule has 0 bridgehead atoms. The first-order valence-corrected chi connectivity index (χ1v) is 9.94. The Morgan fingerprint density at radius 3 is 2.64 bits per heavy atom. The first-order chi connectivity index (χ1) is 13.3. The minimum Gasteiger partial charge on any atom is -0.448 e. The van der Waals surface area contributed by atoms with Crippen molar-refractivity contribution in [1.29, 1.82) is 0 Å². The van der Waals surface area contributed by atoms with Gasteiger partial charge in [-0.2, -0.15) is 0 Å². The molecule has 150 valence electrons. The molecular formula is C21H25Cl2N3O2. The second-order valence-corrected chi connectivity index (χ2v) is 8.23. The van der Waals surface area contributed by atoms with Crippen LogP contribution < -0.4 is 5.32 Å². The number of anilines is 1. The minimum atomic E-state index is -0.448. The molecular weight excluding hydrogens is 397 g/mol. The lowest BCUT2D eigenvalue weighted by molar-refractivity contribution is 0.151. The van der Waals surface area contributed by atoms with Crippen molar-refractivity contribution in [3.05, 3.63) is 63.1 Å². The van der Waals surface area contributed by atoms with Crippen molar-refractivity contribution >= 4 is 35.0 Å². The summed E-state index contributed by atoms with van der Waals surface area (Å²) in [5.74, 6) is 0.172. The van der Waals surface area contributed by atoms with Crippen LogP contribution in [0.15, 0.2) is 36.4 Å². The summed E-state index contributed by atoms with van der Waals surface area (Å²) in [7, 11) is 5.95. The smallest absolute Gasteiger partial charge is 0.411 e. The van der Waals surface area contributed by atoms with Gasteiger partial charge in [0.1, 0.15) is 6.61 Å². The summed E-state index contributed by atoms with van der Waals surface area (Å²) >= 11 is 12.7. The zero-order chi connectivity index (χ0) is 20.3. The third-order valence-electron chi connectivity index (χ3n) is 4.82. The second kappa shape index (κ2) is 9.14. The Kier molecular flexibility index (Phi) is 6.83. The molecule has 1 atom stereocenters. The van der Waals surface area contributed by atoms with Gasteiger partial charge in [-0.1, -0.05) is 35.3 Å². The summed E-state index contributed by atoms with van der Waals surface area (Å²) in [5, 5.41) is 4.12. The molecule has 1 amide bonds. The first kappa shape index (κ1) is 20.9. The van der Waals surface area contributed by atoms with Gasteiger partial charge in [0.2, 0.25) is 0 Å². The summed E-state index contributed by atoms with van der Waals surface area (Å²) in [4.78, 5) is 16.1. The highest BCUT2D eigenvalue weighted by atomic mass is 35.5. The molecule has 28 heavy (non-hydrogen) atoms. The van der Waals surface area contributed by atoms with Crippen LogP contribution in [0.4, 0.5) is 10.5 Å². The Balaban J connectivity index is 1.73. The first-order valence-electron chi connectivity index (χ1n) is 9.18. The fraction of sp³-hybridized carbons (Fsp3) is 0.381. The molecule has 1 unspecified atom stereocenters. The zero-order valence-electron chi connectivity index (χ0n) is 16.3. The molecule has 3 rings (SSSR count). The molecule has 1 aliphatic heterocycles. The van der Waals surface area contributed by atoms with E-state index in [4.69, 9.17) is 27.9 Å². The number of hydrogen-bond donors (Lipinski definition) is 1. The SMILES string of the molecule is CN(C)CCOC(=O)Nc1ccc(C2CN(C)Cc3c(Cl)cc(Cl)cc32)cc1. The quantitative estimate of drug-likeness (QED) is 0.760. The highest BCUT2D eigenvalue weighted by Crippen LogP contribution is 2.38. The highest BCUT2D eigenvalue weighted by Gasteiger charge is 2.27. The zero-order valence-corrected chi connectivity index (χ0v) is 17.8. The molecule has 0 radical (unpaired) electrons. The molecule has 0 spiro atoms. The van der Waals surface area contributed by atoms with E-state index >= 15 is 0 Å². The topological polar surface area (TPSA) is 44.8 Å². The standard InChI is InChI=1S/C21H25Cl2N3O2/c1-25(2)8-9-28-21(27)24-16-6-4-14(5-7-16)18-12-26(3)13-19-17(18)10-15(22)11-20(19)23/h4-7,10-11,18H,8-9,12-13H2,1-3H3,(H,24,27). The molecule has 1 aliphatic rings. The summed E-state index contributed by atoms with van der Waals surface area (Å²) in [6, 6.07) is 11.6. The normalized spacial score (nSPS) is 16.7. The van der Waals surface area contributed by atoms with Crippen LogP contribution in [0.5, 0.6) is 0 Å². The molecule has 1 N–H and O–H groups in total. The Morgan fingerprint density at radius 1 is 1.25 bits per heavy atom. The number of likely N-dealkylation sites (N-methyl/N-ethyl adjacent to an activating group) is 2. The molecule has 2 aromatic rings. The van der Waals surface area contributed by atoms with Crippen molar-refractivity contribution in [1.82, 2.24) is 9.80 Å². The molecule has 5 nitrogen and oxygen atoms in total.